The Labute approximate surface area is 103 Å². The zero-order valence-corrected chi connectivity index (χ0v) is 10.1. The molecule has 1 unspecified atom stereocenters. The average Bonchev–Trinajstić information content (AvgIpc) is 2.34. The average molecular weight is 273 g/mol. The van der Waals surface area contributed by atoms with Gasteiger partial charge < -0.3 is 0 Å². The molecule has 2 nitrogen and oxygen atoms in total. The largest absolute Gasteiger partial charge is 0.265 e. The highest BCUT2D eigenvalue weighted by atomic mass is 79.9. The number of aromatic nitrogens is 1. The summed E-state index contributed by atoms with van der Waals surface area (Å²) in [6, 6.07) is 13.9. The van der Waals surface area contributed by atoms with Gasteiger partial charge in [-0.2, -0.15) is 5.26 Å². The van der Waals surface area contributed by atoms with Crippen LogP contribution >= 0.6 is 15.9 Å². The normalized spacial score (nSPS) is 11.8. The maximum atomic E-state index is 9.22. The van der Waals surface area contributed by atoms with Crippen molar-refractivity contribution in [1.82, 2.24) is 4.98 Å². The number of benzene rings is 1. The Morgan fingerprint density at radius 3 is 2.12 bits per heavy atom. The quantitative estimate of drug-likeness (QED) is 0.839. The Morgan fingerprint density at radius 2 is 1.56 bits per heavy atom. The summed E-state index contributed by atoms with van der Waals surface area (Å²) in [5.41, 5.74) is 1.97. The fourth-order valence-electron chi connectivity index (χ4n) is 1.55. The predicted octanol–water partition coefficient (Wildman–Crippen LogP) is 3.50. The molecule has 0 amide bonds. The molecule has 0 saturated carbocycles. The molecule has 0 spiro atoms. The Morgan fingerprint density at radius 1 is 1.00 bits per heavy atom. The van der Waals surface area contributed by atoms with Gasteiger partial charge in [0.1, 0.15) is 0 Å². The molecule has 0 radical (unpaired) electrons. The Bertz CT molecular complexity index is 500. The predicted molar refractivity (Wildman–Crippen MR) is 65.8 cm³/mol. The first kappa shape index (κ1) is 10.8. The first-order valence-electron chi connectivity index (χ1n) is 4.86. The number of hydrogen-bond acceptors (Lipinski definition) is 2. The van der Waals surface area contributed by atoms with E-state index >= 15 is 0 Å². The molecule has 2 rings (SSSR count). The Balaban J connectivity index is 2.38. The number of pyridine rings is 1. The van der Waals surface area contributed by atoms with E-state index in [0.29, 0.717) is 0 Å². The molecule has 0 saturated heterocycles. The van der Waals surface area contributed by atoms with E-state index in [0.717, 1.165) is 15.6 Å². The second-order valence-electron chi connectivity index (χ2n) is 3.39. The molecule has 1 heterocycles. The Kier molecular flexibility index (Phi) is 3.33. The van der Waals surface area contributed by atoms with E-state index in [1.54, 1.807) is 12.4 Å². The summed E-state index contributed by atoms with van der Waals surface area (Å²) in [5, 5.41) is 9.22. The van der Waals surface area contributed by atoms with E-state index in [-0.39, 0.29) is 5.92 Å². The summed E-state index contributed by atoms with van der Waals surface area (Å²) in [4.78, 5) is 3.95. The van der Waals surface area contributed by atoms with Crippen molar-refractivity contribution in [1.29, 1.82) is 5.26 Å². The van der Waals surface area contributed by atoms with Gasteiger partial charge >= 0.3 is 0 Å². The lowest BCUT2D eigenvalue weighted by Crippen LogP contribution is -1.97. The second kappa shape index (κ2) is 4.91. The van der Waals surface area contributed by atoms with Gasteiger partial charge in [-0.05, 0) is 35.4 Å². The molecule has 16 heavy (non-hydrogen) atoms. The van der Waals surface area contributed by atoms with E-state index in [1.165, 1.54) is 0 Å². The molecule has 0 N–H and O–H groups in total. The van der Waals surface area contributed by atoms with Crippen LogP contribution in [0.3, 0.4) is 0 Å². The highest BCUT2D eigenvalue weighted by Gasteiger charge is 2.12. The van der Waals surface area contributed by atoms with Crippen molar-refractivity contribution in [2.24, 2.45) is 0 Å². The van der Waals surface area contributed by atoms with Gasteiger partial charge in [-0.25, -0.2) is 0 Å². The monoisotopic (exact) mass is 272 g/mol. The van der Waals surface area contributed by atoms with Crippen LogP contribution in [0.25, 0.3) is 0 Å². The van der Waals surface area contributed by atoms with Gasteiger partial charge in [0, 0.05) is 16.9 Å². The molecule has 3 heteroatoms. The van der Waals surface area contributed by atoms with Crippen LogP contribution in [0.15, 0.2) is 53.3 Å². The molecule has 2 aromatic rings. The number of halogens is 1. The second-order valence-corrected chi connectivity index (χ2v) is 4.31. The van der Waals surface area contributed by atoms with Gasteiger partial charge in [0.15, 0.2) is 0 Å². The summed E-state index contributed by atoms with van der Waals surface area (Å²) in [6.07, 6.45) is 3.41. The number of rotatable bonds is 2. The summed E-state index contributed by atoms with van der Waals surface area (Å²) >= 11 is 3.38. The summed E-state index contributed by atoms with van der Waals surface area (Å²) in [7, 11) is 0. The van der Waals surface area contributed by atoms with E-state index in [2.05, 4.69) is 27.0 Å². The molecule has 0 bridgehead atoms. The van der Waals surface area contributed by atoms with Crippen molar-refractivity contribution < 1.29 is 0 Å². The van der Waals surface area contributed by atoms with E-state index < -0.39 is 0 Å². The minimum atomic E-state index is -0.226. The molecule has 1 aromatic carbocycles. The third-order valence-corrected chi connectivity index (χ3v) is 2.90. The lowest BCUT2D eigenvalue weighted by molar-refractivity contribution is 1.03. The van der Waals surface area contributed by atoms with Crippen molar-refractivity contribution in [3.63, 3.8) is 0 Å². The summed E-state index contributed by atoms with van der Waals surface area (Å²) in [6.45, 7) is 0. The molecule has 0 aliphatic rings. The third kappa shape index (κ3) is 2.29. The topological polar surface area (TPSA) is 36.7 Å². The van der Waals surface area contributed by atoms with Crippen LogP contribution in [-0.2, 0) is 0 Å². The fourth-order valence-corrected chi connectivity index (χ4v) is 1.82. The van der Waals surface area contributed by atoms with Crippen LogP contribution in [0.2, 0.25) is 0 Å². The molecular weight excluding hydrogens is 264 g/mol. The maximum Gasteiger partial charge on any atom is 0.0963 e. The van der Waals surface area contributed by atoms with Crippen LogP contribution < -0.4 is 0 Å². The van der Waals surface area contributed by atoms with Crippen LogP contribution in [-0.4, -0.2) is 4.98 Å². The summed E-state index contributed by atoms with van der Waals surface area (Å²) in [5.74, 6) is -0.226. The van der Waals surface area contributed by atoms with Gasteiger partial charge in [0.2, 0.25) is 0 Å². The van der Waals surface area contributed by atoms with E-state index in [9.17, 15) is 5.26 Å². The molecule has 1 atom stereocenters. The SMILES string of the molecule is N#CC(c1ccncc1)c1ccc(Br)cc1. The van der Waals surface area contributed by atoms with Gasteiger partial charge in [-0.15, -0.1) is 0 Å². The minimum absolute atomic E-state index is 0.226. The lowest BCUT2D eigenvalue weighted by Gasteiger charge is -2.09. The van der Waals surface area contributed by atoms with Crippen LogP contribution in [0.1, 0.15) is 17.0 Å². The van der Waals surface area contributed by atoms with Crippen molar-refractivity contribution in [3.05, 3.63) is 64.4 Å². The smallest absolute Gasteiger partial charge is 0.0963 e. The molecular formula is C13H9BrN2. The summed E-state index contributed by atoms with van der Waals surface area (Å²) < 4.78 is 1.02. The van der Waals surface area contributed by atoms with Gasteiger partial charge in [0.05, 0.1) is 12.0 Å². The first-order valence-corrected chi connectivity index (χ1v) is 5.65. The van der Waals surface area contributed by atoms with E-state index in [4.69, 9.17) is 0 Å². The molecule has 1 aromatic heterocycles. The van der Waals surface area contributed by atoms with Crippen LogP contribution in [0, 0.1) is 11.3 Å². The molecule has 0 aliphatic carbocycles. The highest BCUT2D eigenvalue weighted by molar-refractivity contribution is 9.10. The zero-order valence-electron chi connectivity index (χ0n) is 8.47. The van der Waals surface area contributed by atoms with Crippen LogP contribution in [0.5, 0.6) is 0 Å². The zero-order chi connectivity index (χ0) is 11.4. The minimum Gasteiger partial charge on any atom is -0.265 e. The van der Waals surface area contributed by atoms with Crippen molar-refractivity contribution in [2.75, 3.05) is 0 Å². The number of hydrogen-bond donors (Lipinski definition) is 0. The lowest BCUT2D eigenvalue weighted by atomic mass is 9.94. The standard InChI is InChI=1S/C13H9BrN2/c14-12-3-1-10(2-4-12)13(9-15)11-5-7-16-8-6-11/h1-8,13H. The molecule has 78 valence electrons. The van der Waals surface area contributed by atoms with Crippen molar-refractivity contribution >= 4 is 15.9 Å². The number of nitriles is 1. The van der Waals surface area contributed by atoms with Crippen molar-refractivity contribution in [2.45, 2.75) is 5.92 Å². The van der Waals surface area contributed by atoms with Crippen LogP contribution in [0.4, 0.5) is 0 Å². The maximum absolute atomic E-state index is 9.22. The van der Waals surface area contributed by atoms with Gasteiger partial charge in [-0.3, -0.25) is 4.98 Å². The molecule has 0 fully saturated rings. The third-order valence-electron chi connectivity index (χ3n) is 2.37. The van der Waals surface area contributed by atoms with E-state index in [1.807, 2.05) is 36.4 Å². The molecule has 0 aliphatic heterocycles. The fraction of sp³-hybridized carbons (Fsp3) is 0.0769. The first-order chi connectivity index (χ1) is 7.81. The number of nitrogens with zero attached hydrogens (tertiary/aromatic N) is 2. The van der Waals surface area contributed by atoms with Gasteiger partial charge in [-0.1, -0.05) is 28.1 Å². The highest BCUT2D eigenvalue weighted by Crippen LogP contribution is 2.24. The Hall–Kier alpha value is -1.66. The van der Waals surface area contributed by atoms with Crippen molar-refractivity contribution in [3.8, 4) is 6.07 Å². The van der Waals surface area contributed by atoms with Gasteiger partial charge in [0.25, 0.3) is 0 Å².